The van der Waals surface area contributed by atoms with E-state index in [0.29, 0.717) is 44.3 Å². The number of morpholine rings is 1. The maximum Gasteiger partial charge on any atom is 0.270 e. The fourth-order valence-electron chi connectivity index (χ4n) is 3.38. The first-order valence-corrected chi connectivity index (χ1v) is 10.8. The molecule has 29 heavy (non-hydrogen) atoms. The van der Waals surface area contributed by atoms with Gasteiger partial charge in [-0.2, -0.15) is 4.31 Å². The molecule has 1 aromatic carbocycles. The van der Waals surface area contributed by atoms with E-state index in [-0.39, 0.29) is 10.8 Å². The third-order valence-corrected chi connectivity index (χ3v) is 6.86. The Morgan fingerprint density at radius 3 is 2.59 bits per heavy atom. The Morgan fingerprint density at radius 2 is 1.93 bits per heavy atom. The highest BCUT2D eigenvalue weighted by molar-refractivity contribution is 7.89. The van der Waals surface area contributed by atoms with E-state index in [1.54, 1.807) is 30.7 Å². The van der Waals surface area contributed by atoms with Gasteiger partial charge in [0.15, 0.2) is 0 Å². The molecule has 1 aromatic heterocycles. The quantitative estimate of drug-likeness (QED) is 0.708. The maximum absolute atomic E-state index is 13.0. The summed E-state index contributed by atoms with van der Waals surface area (Å²) in [5.74, 6) is 0.442. The fourth-order valence-corrected chi connectivity index (χ4v) is 4.86. The highest BCUT2D eigenvalue weighted by Crippen LogP contribution is 2.23. The number of amides is 1. The molecule has 2 heterocycles. The molecular formula is C20H27N3O5S. The van der Waals surface area contributed by atoms with Crippen LogP contribution in [0.1, 0.15) is 21.6 Å². The van der Waals surface area contributed by atoms with Gasteiger partial charge in [0.25, 0.3) is 5.91 Å². The van der Waals surface area contributed by atoms with Crippen LogP contribution in [0, 0.1) is 6.92 Å². The highest BCUT2D eigenvalue weighted by atomic mass is 32.2. The average molecular weight is 422 g/mol. The molecule has 2 aromatic rings. The van der Waals surface area contributed by atoms with Crippen LogP contribution in [0.5, 0.6) is 5.75 Å². The first kappa shape index (κ1) is 21.4. The van der Waals surface area contributed by atoms with Crippen LogP contribution in [0.3, 0.4) is 0 Å². The van der Waals surface area contributed by atoms with E-state index in [4.69, 9.17) is 9.47 Å². The highest BCUT2D eigenvalue weighted by Gasteiger charge is 2.29. The molecule has 0 unspecified atom stereocenters. The van der Waals surface area contributed by atoms with Crippen LogP contribution in [-0.2, 0) is 28.4 Å². The standard InChI is InChI=1S/C20H27N3O5S/c1-15-5-6-19(27-4)16(11-15)13-22(3)20(24)18-12-17(14-21(18)2)29(25,26)23-7-9-28-10-8-23/h5-6,11-12,14H,7-10,13H2,1-4H3. The average Bonchev–Trinajstić information content (AvgIpc) is 3.10. The zero-order valence-corrected chi connectivity index (χ0v) is 18.0. The molecule has 158 valence electrons. The summed E-state index contributed by atoms with van der Waals surface area (Å²) in [6.07, 6.45) is 1.49. The van der Waals surface area contributed by atoms with Gasteiger partial charge in [-0.3, -0.25) is 4.79 Å². The Bertz CT molecular complexity index is 994. The van der Waals surface area contributed by atoms with Crippen molar-refractivity contribution in [1.82, 2.24) is 13.8 Å². The number of aromatic nitrogens is 1. The van der Waals surface area contributed by atoms with Crippen LogP contribution in [0.2, 0.25) is 0 Å². The minimum Gasteiger partial charge on any atom is -0.496 e. The zero-order chi connectivity index (χ0) is 21.2. The molecule has 0 radical (unpaired) electrons. The Kier molecular flexibility index (Phi) is 6.30. The first-order valence-electron chi connectivity index (χ1n) is 9.37. The molecule has 9 heteroatoms. The van der Waals surface area contributed by atoms with Gasteiger partial charge < -0.3 is 18.9 Å². The van der Waals surface area contributed by atoms with Gasteiger partial charge in [-0.15, -0.1) is 0 Å². The summed E-state index contributed by atoms with van der Waals surface area (Å²) in [5, 5.41) is 0. The molecule has 3 rings (SSSR count). The van der Waals surface area contributed by atoms with Crippen molar-refractivity contribution >= 4 is 15.9 Å². The summed E-state index contributed by atoms with van der Waals surface area (Å²) in [7, 11) is 1.30. The van der Waals surface area contributed by atoms with Crippen molar-refractivity contribution in [1.29, 1.82) is 0 Å². The second-order valence-electron chi connectivity index (χ2n) is 7.16. The van der Waals surface area contributed by atoms with Crippen molar-refractivity contribution in [3.05, 3.63) is 47.3 Å². The molecular weight excluding hydrogens is 394 g/mol. The molecule has 1 aliphatic heterocycles. The van der Waals surface area contributed by atoms with Crippen LogP contribution in [0.25, 0.3) is 0 Å². The number of hydrogen-bond donors (Lipinski definition) is 0. The van der Waals surface area contributed by atoms with Gasteiger partial charge in [0.05, 0.1) is 20.3 Å². The summed E-state index contributed by atoms with van der Waals surface area (Å²) in [4.78, 5) is 14.7. The van der Waals surface area contributed by atoms with Crippen molar-refractivity contribution in [3.8, 4) is 5.75 Å². The van der Waals surface area contributed by atoms with Gasteiger partial charge in [0.2, 0.25) is 10.0 Å². The van der Waals surface area contributed by atoms with Gasteiger partial charge in [-0.1, -0.05) is 17.7 Å². The predicted molar refractivity (Wildman–Crippen MR) is 109 cm³/mol. The maximum atomic E-state index is 13.0. The van der Waals surface area contributed by atoms with Crippen molar-refractivity contribution < 1.29 is 22.7 Å². The molecule has 1 saturated heterocycles. The van der Waals surface area contributed by atoms with Gasteiger partial charge in [0, 0.05) is 45.5 Å². The smallest absolute Gasteiger partial charge is 0.270 e. The second-order valence-corrected chi connectivity index (χ2v) is 9.10. The normalized spacial score (nSPS) is 15.3. The minimum absolute atomic E-state index is 0.117. The molecule has 8 nitrogen and oxygen atoms in total. The van der Waals surface area contributed by atoms with Gasteiger partial charge in [-0.25, -0.2) is 8.42 Å². The van der Waals surface area contributed by atoms with Gasteiger partial charge in [-0.05, 0) is 19.1 Å². The monoisotopic (exact) mass is 421 g/mol. The largest absolute Gasteiger partial charge is 0.496 e. The number of ether oxygens (including phenoxy) is 2. The zero-order valence-electron chi connectivity index (χ0n) is 17.2. The topological polar surface area (TPSA) is 81.1 Å². The Balaban J connectivity index is 1.82. The Morgan fingerprint density at radius 1 is 1.24 bits per heavy atom. The first-order chi connectivity index (χ1) is 13.7. The summed E-state index contributed by atoms with van der Waals surface area (Å²) in [6, 6.07) is 7.24. The summed E-state index contributed by atoms with van der Waals surface area (Å²) in [5.41, 5.74) is 2.27. The van der Waals surface area contributed by atoms with E-state index in [2.05, 4.69) is 0 Å². The lowest BCUT2D eigenvalue weighted by atomic mass is 10.1. The van der Waals surface area contributed by atoms with Crippen LogP contribution in [-0.4, -0.2) is 68.6 Å². The number of hydrogen-bond acceptors (Lipinski definition) is 5. The molecule has 0 saturated carbocycles. The van der Waals surface area contributed by atoms with Crippen molar-refractivity contribution in [2.24, 2.45) is 7.05 Å². The van der Waals surface area contributed by atoms with Crippen LogP contribution in [0.4, 0.5) is 0 Å². The lowest BCUT2D eigenvalue weighted by molar-refractivity contribution is 0.0730. The number of methoxy groups -OCH3 is 1. The number of carbonyl (C=O) groups excluding carboxylic acids is 1. The van der Waals surface area contributed by atoms with Gasteiger partial charge in [0.1, 0.15) is 16.3 Å². The molecule has 0 spiro atoms. The van der Waals surface area contributed by atoms with E-state index in [9.17, 15) is 13.2 Å². The lowest BCUT2D eigenvalue weighted by Gasteiger charge is -2.25. The van der Waals surface area contributed by atoms with Crippen LogP contribution >= 0.6 is 0 Å². The Hall–Kier alpha value is -2.36. The Labute approximate surface area is 171 Å². The van der Waals surface area contributed by atoms with Crippen LogP contribution < -0.4 is 4.74 Å². The van der Waals surface area contributed by atoms with E-state index in [1.165, 1.54) is 16.6 Å². The molecule has 0 N–H and O–H groups in total. The summed E-state index contributed by atoms with van der Waals surface area (Å²) in [6.45, 7) is 3.70. The van der Waals surface area contributed by atoms with Crippen LogP contribution in [0.15, 0.2) is 35.4 Å². The summed E-state index contributed by atoms with van der Waals surface area (Å²) >= 11 is 0. The number of nitrogens with zero attached hydrogens (tertiary/aromatic N) is 3. The van der Waals surface area contributed by atoms with E-state index in [1.807, 2.05) is 25.1 Å². The number of carbonyl (C=O) groups is 1. The third kappa shape index (κ3) is 4.47. The van der Waals surface area contributed by atoms with E-state index >= 15 is 0 Å². The SMILES string of the molecule is COc1ccc(C)cc1CN(C)C(=O)c1cc(S(=O)(=O)N2CCOCC2)cn1C. The summed E-state index contributed by atoms with van der Waals surface area (Å²) < 4.78 is 39.3. The lowest BCUT2D eigenvalue weighted by Crippen LogP contribution is -2.40. The minimum atomic E-state index is -3.66. The molecule has 0 aliphatic carbocycles. The van der Waals surface area contributed by atoms with Gasteiger partial charge >= 0.3 is 0 Å². The molecule has 1 fully saturated rings. The molecule has 0 bridgehead atoms. The number of aryl methyl sites for hydroxylation is 2. The van der Waals surface area contributed by atoms with Crippen molar-refractivity contribution in [2.75, 3.05) is 40.5 Å². The molecule has 1 amide bonds. The second kappa shape index (κ2) is 8.56. The number of rotatable bonds is 6. The third-order valence-electron chi connectivity index (χ3n) is 5.00. The van der Waals surface area contributed by atoms with E-state index < -0.39 is 10.0 Å². The van der Waals surface area contributed by atoms with E-state index in [0.717, 1.165) is 11.1 Å². The number of sulfonamides is 1. The molecule has 0 atom stereocenters. The fraction of sp³-hybridized carbons (Fsp3) is 0.450. The number of benzene rings is 1. The van der Waals surface area contributed by atoms with Crippen molar-refractivity contribution in [2.45, 2.75) is 18.4 Å². The molecule has 1 aliphatic rings. The predicted octanol–water partition coefficient (Wildman–Crippen LogP) is 1.64. The van der Waals surface area contributed by atoms with Crippen molar-refractivity contribution in [3.63, 3.8) is 0 Å².